The number of hydrogen-bond acceptors (Lipinski definition) is 8. The number of hydrogen-bond donors (Lipinski definition) is 2. The normalized spacial score (nSPS) is 10.7. The van der Waals surface area contributed by atoms with Crippen molar-refractivity contribution >= 4 is 46.5 Å². The smallest absolute Gasteiger partial charge is 0.300 e. The first kappa shape index (κ1) is 27.3. The first-order valence-corrected chi connectivity index (χ1v) is 11.9. The molecule has 0 aliphatic rings. The number of rotatable bonds is 10. The van der Waals surface area contributed by atoms with Gasteiger partial charge in [0.15, 0.2) is 5.69 Å². The summed E-state index contributed by atoms with van der Waals surface area (Å²) in [6.45, 7) is 0. The van der Waals surface area contributed by atoms with Crippen molar-refractivity contribution in [1.82, 2.24) is 0 Å². The maximum absolute atomic E-state index is 13.0. The van der Waals surface area contributed by atoms with Gasteiger partial charge in [0.25, 0.3) is 5.91 Å². The molecule has 0 saturated carbocycles. The second-order valence-electron chi connectivity index (χ2n) is 8.42. The average Bonchev–Trinajstić information content (AvgIpc) is 2.97. The SMILES string of the molecule is COc1ccc(OC)c(NC(=O)c2cc([N+](=O)[O-])c(Nc3ccc(/C=C/c4ccccc4)cc3)c([N+](=O)[O-])c2)c1. The Morgan fingerprint density at radius 2 is 1.38 bits per heavy atom. The minimum absolute atomic E-state index is 0.223. The maximum atomic E-state index is 13.0. The molecule has 0 aliphatic heterocycles. The standard InChI is InChI=1S/C29H24N4O7/c1-39-23-14-15-27(40-2)24(18-23)31-29(34)21-16-25(32(35)36)28(26(17-21)33(37)38)30-22-12-10-20(11-13-22)9-8-19-6-4-3-5-7-19/h3-18,30H,1-2H3,(H,31,34)/b9-8+. The van der Waals surface area contributed by atoms with E-state index in [0.29, 0.717) is 17.2 Å². The van der Waals surface area contributed by atoms with Crippen molar-refractivity contribution in [1.29, 1.82) is 0 Å². The average molecular weight is 541 g/mol. The van der Waals surface area contributed by atoms with E-state index in [1.165, 1.54) is 20.3 Å². The molecule has 202 valence electrons. The molecule has 0 heterocycles. The van der Waals surface area contributed by atoms with E-state index in [-0.39, 0.29) is 16.9 Å². The topological polar surface area (TPSA) is 146 Å². The molecule has 2 N–H and O–H groups in total. The molecule has 0 spiro atoms. The van der Waals surface area contributed by atoms with E-state index in [4.69, 9.17) is 9.47 Å². The Hall–Kier alpha value is -5.71. The van der Waals surface area contributed by atoms with Crippen molar-refractivity contribution in [3.8, 4) is 11.5 Å². The van der Waals surface area contributed by atoms with Crippen LogP contribution in [0, 0.1) is 20.2 Å². The molecular weight excluding hydrogens is 516 g/mol. The molecule has 4 aromatic carbocycles. The highest BCUT2D eigenvalue weighted by atomic mass is 16.6. The zero-order valence-electron chi connectivity index (χ0n) is 21.5. The summed E-state index contributed by atoms with van der Waals surface area (Å²) in [7, 11) is 2.85. The van der Waals surface area contributed by atoms with Crippen molar-refractivity contribution < 1.29 is 24.1 Å². The predicted molar refractivity (Wildman–Crippen MR) is 152 cm³/mol. The summed E-state index contributed by atoms with van der Waals surface area (Å²) in [5.41, 5.74) is 0.591. The molecular formula is C29H24N4O7. The number of carbonyl (C=O) groups excluding carboxylic acids is 1. The quantitative estimate of drug-likeness (QED) is 0.129. The van der Waals surface area contributed by atoms with Gasteiger partial charge in [-0.15, -0.1) is 0 Å². The zero-order valence-corrected chi connectivity index (χ0v) is 21.5. The summed E-state index contributed by atoms with van der Waals surface area (Å²) in [5.74, 6) is -0.0773. The van der Waals surface area contributed by atoms with Crippen LogP contribution in [0.2, 0.25) is 0 Å². The molecule has 0 aromatic heterocycles. The summed E-state index contributed by atoms with van der Waals surface area (Å²) in [4.78, 5) is 35.3. The minimum atomic E-state index is -0.807. The molecule has 0 unspecified atom stereocenters. The van der Waals surface area contributed by atoms with Gasteiger partial charge in [0.05, 0.1) is 35.3 Å². The number of nitro groups is 2. The second-order valence-corrected chi connectivity index (χ2v) is 8.42. The van der Waals surface area contributed by atoms with Gasteiger partial charge < -0.3 is 20.1 Å². The van der Waals surface area contributed by atoms with Crippen LogP contribution < -0.4 is 20.1 Å². The lowest BCUT2D eigenvalue weighted by atomic mass is 10.1. The van der Waals surface area contributed by atoms with Crippen LogP contribution in [-0.4, -0.2) is 30.0 Å². The Morgan fingerprint density at radius 1 is 0.775 bits per heavy atom. The van der Waals surface area contributed by atoms with E-state index in [9.17, 15) is 25.0 Å². The van der Waals surface area contributed by atoms with E-state index in [0.717, 1.165) is 23.3 Å². The van der Waals surface area contributed by atoms with Crippen LogP contribution in [0.3, 0.4) is 0 Å². The lowest BCUT2D eigenvalue weighted by Crippen LogP contribution is -2.14. The Kier molecular flexibility index (Phi) is 8.35. The van der Waals surface area contributed by atoms with Gasteiger partial charge in [-0.3, -0.25) is 25.0 Å². The van der Waals surface area contributed by atoms with Crippen LogP contribution in [0.1, 0.15) is 21.5 Å². The van der Waals surface area contributed by atoms with Gasteiger partial charge in [-0.2, -0.15) is 0 Å². The van der Waals surface area contributed by atoms with Crippen LogP contribution >= 0.6 is 0 Å². The van der Waals surface area contributed by atoms with Gasteiger partial charge in [0.1, 0.15) is 11.5 Å². The molecule has 4 aromatic rings. The van der Waals surface area contributed by atoms with Crippen molar-refractivity contribution in [3.05, 3.63) is 122 Å². The van der Waals surface area contributed by atoms with Gasteiger partial charge in [0.2, 0.25) is 0 Å². The number of nitrogens with one attached hydrogen (secondary N) is 2. The van der Waals surface area contributed by atoms with Gasteiger partial charge in [-0.25, -0.2) is 0 Å². The van der Waals surface area contributed by atoms with Crippen LogP contribution in [-0.2, 0) is 0 Å². The first-order chi connectivity index (χ1) is 19.3. The zero-order chi connectivity index (χ0) is 28.6. The number of amides is 1. The largest absolute Gasteiger partial charge is 0.497 e. The number of carbonyl (C=O) groups is 1. The van der Waals surface area contributed by atoms with Crippen LogP contribution in [0.5, 0.6) is 11.5 Å². The lowest BCUT2D eigenvalue weighted by molar-refractivity contribution is -0.392. The van der Waals surface area contributed by atoms with Crippen LogP contribution in [0.4, 0.5) is 28.4 Å². The predicted octanol–water partition coefficient (Wildman–Crippen LogP) is 6.69. The van der Waals surface area contributed by atoms with Crippen LogP contribution in [0.15, 0.2) is 84.9 Å². The number of nitro benzene ring substituents is 2. The third kappa shape index (κ3) is 6.40. The molecule has 0 radical (unpaired) electrons. The Balaban J connectivity index is 1.63. The molecule has 0 aliphatic carbocycles. The number of nitrogens with zero attached hydrogens (tertiary/aromatic N) is 2. The van der Waals surface area contributed by atoms with E-state index in [2.05, 4.69) is 10.6 Å². The van der Waals surface area contributed by atoms with Gasteiger partial charge in [-0.1, -0.05) is 54.6 Å². The molecule has 40 heavy (non-hydrogen) atoms. The van der Waals surface area contributed by atoms with Gasteiger partial charge in [0, 0.05) is 23.9 Å². The van der Waals surface area contributed by atoms with Crippen molar-refractivity contribution in [2.75, 3.05) is 24.9 Å². The second kappa shape index (κ2) is 12.2. The summed E-state index contributed by atoms with van der Waals surface area (Å²) in [6, 6.07) is 23.2. The monoisotopic (exact) mass is 540 g/mol. The Labute approximate surface area is 229 Å². The first-order valence-electron chi connectivity index (χ1n) is 11.9. The van der Waals surface area contributed by atoms with Gasteiger partial charge in [-0.05, 0) is 35.4 Å². The van der Waals surface area contributed by atoms with Crippen LogP contribution in [0.25, 0.3) is 12.2 Å². The highest BCUT2D eigenvalue weighted by molar-refractivity contribution is 6.07. The molecule has 11 heteroatoms. The number of ether oxygens (including phenoxy) is 2. The van der Waals surface area contributed by atoms with Gasteiger partial charge >= 0.3 is 11.4 Å². The van der Waals surface area contributed by atoms with E-state index in [1.54, 1.807) is 36.4 Å². The fourth-order valence-electron chi connectivity index (χ4n) is 3.84. The van der Waals surface area contributed by atoms with Crippen molar-refractivity contribution in [3.63, 3.8) is 0 Å². The number of benzene rings is 4. The van der Waals surface area contributed by atoms with Crippen molar-refractivity contribution in [2.45, 2.75) is 0 Å². The summed E-state index contributed by atoms with van der Waals surface area (Å²) in [6.07, 6.45) is 3.83. The summed E-state index contributed by atoms with van der Waals surface area (Å²) >= 11 is 0. The van der Waals surface area contributed by atoms with Crippen molar-refractivity contribution in [2.24, 2.45) is 0 Å². The minimum Gasteiger partial charge on any atom is -0.497 e. The highest BCUT2D eigenvalue weighted by Gasteiger charge is 2.29. The molecule has 0 atom stereocenters. The van der Waals surface area contributed by atoms with E-state index >= 15 is 0 Å². The molecule has 0 saturated heterocycles. The summed E-state index contributed by atoms with van der Waals surface area (Å²) < 4.78 is 10.4. The molecule has 4 rings (SSSR count). The summed E-state index contributed by atoms with van der Waals surface area (Å²) in [5, 5.41) is 29.2. The number of methoxy groups -OCH3 is 2. The lowest BCUT2D eigenvalue weighted by Gasteiger charge is -2.13. The molecule has 11 nitrogen and oxygen atoms in total. The molecule has 0 fully saturated rings. The molecule has 1 amide bonds. The van der Waals surface area contributed by atoms with E-state index in [1.807, 2.05) is 42.5 Å². The number of anilines is 3. The highest BCUT2D eigenvalue weighted by Crippen LogP contribution is 2.38. The fraction of sp³-hybridized carbons (Fsp3) is 0.0690. The van der Waals surface area contributed by atoms with E-state index < -0.39 is 27.1 Å². The Bertz CT molecular complexity index is 1550. The third-order valence-electron chi connectivity index (χ3n) is 5.85. The maximum Gasteiger partial charge on any atom is 0.300 e. The Morgan fingerprint density at radius 3 is 1.93 bits per heavy atom. The third-order valence-corrected chi connectivity index (χ3v) is 5.85. The fourth-order valence-corrected chi connectivity index (χ4v) is 3.84. The molecule has 0 bridgehead atoms.